The van der Waals surface area contributed by atoms with Gasteiger partial charge in [0, 0.05) is 26.2 Å². The van der Waals surface area contributed by atoms with Crippen molar-refractivity contribution in [2.45, 2.75) is 73.3 Å². The molecule has 1 amide bonds. The normalized spacial score (nSPS) is 15.4. The molecular weight excluding hydrogens is 360 g/mol. The first-order valence-corrected chi connectivity index (χ1v) is 11.4. The van der Waals surface area contributed by atoms with Crippen molar-refractivity contribution in [3.8, 4) is 5.75 Å². The molecule has 0 aliphatic carbocycles. The topological polar surface area (TPSA) is 41.6 Å². The number of hydrogen-bond donors (Lipinski definition) is 1. The molecule has 0 saturated carbocycles. The Morgan fingerprint density at radius 3 is 2.45 bits per heavy atom. The van der Waals surface area contributed by atoms with Crippen molar-refractivity contribution in [1.82, 2.24) is 10.2 Å². The molecule has 0 aromatic heterocycles. The van der Waals surface area contributed by atoms with Gasteiger partial charge in [0.2, 0.25) is 5.91 Å². The molecule has 1 aromatic carbocycles. The maximum absolute atomic E-state index is 12.2. The van der Waals surface area contributed by atoms with Gasteiger partial charge in [-0.3, -0.25) is 9.69 Å². The van der Waals surface area contributed by atoms with Crippen molar-refractivity contribution < 1.29 is 9.53 Å². The zero-order chi connectivity index (χ0) is 21.3. The Morgan fingerprint density at radius 2 is 1.83 bits per heavy atom. The standard InChI is InChI=1S/C25H42N2O2/c1-20(2)9-7-6-8-16-29-23-12-10-21(11-13-23)17-27-18-22(19-27)24(28)26-15-14-25(3,4)5/h10-13,20,22H,6-9,14-19H2,1-5H3,(H,26,28). The molecule has 1 aliphatic heterocycles. The van der Waals surface area contributed by atoms with Gasteiger partial charge in [-0.15, -0.1) is 0 Å². The highest BCUT2D eigenvalue weighted by Gasteiger charge is 2.32. The average Bonchev–Trinajstić information content (AvgIpc) is 2.60. The largest absolute Gasteiger partial charge is 0.494 e. The van der Waals surface area contributed by atoms with Gasteiger partial charge in [-0.05, 0) is 41.9 Å². The molecule has 0 spiro atoms. The Morgan fingerprint density at radius 1 is 1.14 bits per heavy atom. The van der Waals surface area contributed by atoms with E-state index in [9.17, 15) is 4.79 Å². The van der Waals surface area contributed by atoms with E-state index < -0.39 is 0 Å². The number of nitrogens with one attached hydrogen (secondary N) is 1. The van der Waals surface area contributed by atoms with Crippen molar-refractivity contribution in [3.05, 3.63) is 29.8 Å². The summed E-state index contributed by atoms with van der Waals surface area (Å²) >= 11 is 0. The molecule has 4 heteroatoms. The Balaban J connectivity index is 1.58. The van der Waals surface area contributed by atoms with E-state index in [1.165, 1.54) is 24.8 Å². The molecule has 29 heavy (non-hydrogen) atoms. The summed E-state index contributed by atoms with van der Waals surface area (Å²) in [5.41, 5.74) is 1.55. The Labute approximate surface area is 178 Å². The molecule has 4 nitrogen and oxygen atoms in total. The van der Waals surface area contributed by atoms with Crippen LogP contribution < -0.4 is 10.1 Å². The quantitative estimate of drug-likeness (QED) is 0.485. The van der Waals surface area contributed by atoms with Gasteiger partial charge in [-0.1, -0.05) is 66.0 Å². The van der Waals surface area contributed by atoms with E-state index in [2.05, 4.69) is 69.1 Å². The first kappa shape index (κ1) is 23.7. The minimum Gasteiger partial charge on any atom is -0.494 e. The highest BCUT2D eigenvalue weighted by Crippen LogP contribution is 2.21. The number of nitrogens with zero attached hydrogens (tertiary/aromatic N) is 1. The fourth-order valence-corrected chi connectivity index (χ4v) is 3.54. The van der Waals surface area contributed by atoms with Crippen LogP contribution in [0, 0.1) is 17.3 Å². The zero-order valence-electron chi connectivity index (χ0n) is 19.3. The van der Waals surface area contributed by atoms with E-state index in [0.717, 1.165) is 57.3 Å². The summed E-state index contributed by atoms with van der Waals surface area (Å²) < 4.78 is 5.86. The molecule has 1 saturated heterocycles. The molecule has 1 heterocycles. The number of likely N-dealkylation sites (tertiary alicyclic amines) is 1. The van der Waals surface area contributed by atoms with E-state index in [1.807, 2.05) is 0 Å². The second-order valence-electron chi connectivity index (χ2n) is 10.2. The predicted molar refractivity (Wildman–Crippen MR) is 121 cm³/mol. The lowest BCUT2D eigenvalue weighted by molar-refractivity contribution is -0.130. The minimum absolute atomic E-state index is 0.147. The molecular formula is C25H42N2O2. The molecule has 0 bridgehead atoms. The van der Waals surface area contributed by atoms with Crippen LogP contribution in [-0.4, -0.2) is 37.0 Å². The number of amides is 1. The maximum Gasteiger partial charge on any atom is 0.225 e. The summed E-state index contributed by atoms with van der Waals surface area (Å²) in [7, 11) is 0. The van der Waals surface area contributed by atoms with Crippen LogP contribution in [0.5, 0.6) is 5.75 Å². The van der Waals surface area contributed by atoms with E-state index in [0.29, 0.717) is 0 Å². The summed E-state index contributed by atoms with van der Waals surface area (Å²) in [6.07, 6.45) is 6.00. The Kier molecular flexibility index (Phi) is 9.48. The average molecular weight is 403 g/mol. The van der Waals surface area contributed by atoms with Crippen LogP contribution >= 0.6 is 0 Å². The van der Waals surface area contributed by atoms with Gasteiger partial charge in [0.25, 0.3) is 0 Å². The highest BCUT2D eigenvalue weighted by molar-refractivity contribution is 5.79. The van der Waals surface area contributed by atoms with Crippen LogP contribution in [0.1, 0.15) is 72.3 Å². The lowest BCUT2D eigenvalue weighted by atomic mass is 9.92. The third-order valence-corrected chi connectivity index (χ3v) is 5.53. The van der Waals surface area contributed by atoms with Crippen molar-refractivity contribution in [2.24, 2.45) is 17.3 Å². The summed E-state index contributed by atoms with van der Waals surface area (Å²) in [6.45, 7) is 15.4. The Hall–Kier alpha value is -1.55. The maximum atomic E-state index is 12.2. The molecule has 1 fully saturated rings. The van der Waals surface area contributed by atoms with Crippen LogP contribution in [0.25, 0.3) is 0 Å². The van der Waals surface area contributed by atoms with E-state index in [1.54, 1.807) is 0 Å². The van der Waals surface area contributed by atoms with Gasteiger partial charge < -0.3 is 10.1 Å². The van der Waals surface area contributed by atoms with Gasteiger partial charge in [0.05, 0.1) is 12.5 Å². The summed E-state index contributed by atoms with van der Waals surface area (Å²) in [5, 5.41) is 3.09. The van der Waals surface area contributed by atoms with E-state index in [4.69, 9.17) is 4.74 Å². The van der Waals surface area contributed by atoms with Crippen LogP contribution in [0.15, 0.2) is 24.3 Å². The smallest absolute Gasteiger partial charge is 0.225 e. The SMILES string of the molecule is CC(C)CCCCCOc1ccc(CN2CC(C(=O)NCCC(C)(C)C)C2)cc1. The fourth-order valence-electron chi connectivity index (χ4n) is 3.54. The molecule has 1 aliphatic rings. The second-order valence-corrected chi connectivity index (χ2v) is 10.2. The van der Waals surface area contributed by atoms with Crippen LogP contribution in [0.3, 0.4) is 0 Å². The number of carbonyl (C=O) groups is 1. The van der Waals surface area contributed by atoms with E-state index in [-0.39, 0.29) is 17.2 Å². The van der Waals surface area contributed by atoms with Gasteiger partial charge in [-0.2, -0.15) is 0 Å². The van der Waals surface area contributed by atoms with Gasteiger partial charge in [-0.25, -0.2) is 0 Å². The van der Waals surface area contributed by atoms with Crippen molar-refractivity contribution in [1.29, 1.82) is 0 Å². The fraction of sp³-hybridized carbons (Fsp3) is 0.720. The minimum atomic E-state index is 0.147. The summed E-state index contributed by atoms with van der Waals surface area (Å²) in [5.74, 6) is 2.11. The number of ether oxygens (including phenoxy) is 1. The number of carbonyl (C=O) groups excluding carboxylic acids is 1. The summed E-state index contributed by atoms with van der Waals surface area (Å²) in [6, 6.07) is 8.43. The summed E-state index contributed by atoms with van der Waals surface area (Å²) in [4.78, 5) is 14.5. The Bertz CT molecular complexity index is 598. The first-order valence-electron chi connectivity index (χ1n) is 11.4. The predicted octanol–water partition coefficient (Wildman–Crippen LogP) is 5.27. The van der Waals surface area contributed by atoms with Crippen molar-refractivity contribution >= 4 is 5.91 Å². The molecule has 0 atom stereocenters. The third-order valence-electron chi connectivity index (χ3n) is 5.53. The number of rotatable bonds is 12. The monoisotopic (exact) mass is 402 g/mol. The van der Waals surface area contributed by atoms with E-state index >= 15 is 0 Å². The van der Waals surface area contributed by atoms with Gasteiger partial charge in [0.15, 0.2) is 0 Å². The number of unbranched alkanes of at least 4 members (excludes halogenated alkanes) is 2. The first-order chi connectivity index (χ1) is 13.7. The molecule has 0 unspecified atom stereocenters. The molecule has 2 rings (SSSR count). The second kappa shape index (κ2) is 11.6. The molecule has 0 radical (unpaired) electrons. The van der Waals surface area contributed by atoms with Gasteiger partial charge >= 0.3 is 0 Å². The lowest BCUT2D eigenvalue weighted by Gasteiger charge is -2.38. The van der Waals surface area contributed by atoms with Crippen molar-refractivity contribution in [2.75, 3.05) is 26.2 Å². The zero-order valence-corrected chi connectivity index (χ0v) is 19.3. The number of benzene rings is 1. The molecule has 164 valence electrons. The molecule has 1 N–H and O–H groups in total. The van der Waals surface area contributed by atoms with Crippen LogP contribution in [-0.2, 0) is 11.3 Å². The van der Waals surface area contributed by atoms with Crippen LogP contribution in [0.2, 0.25) is 0 Å². The highest BCUT2D eigenvalue weighted by atomic mass is 16.5. The van der Waals surface area contributed by atoms with Gasteiger partial charge in [0.1, 0.15) is 5.75 Å². The number of hydrogen-bond acceptors (Lipinski definition) is 3. The molecule has 1 aromatic rings. The van der Waals surface area contributed by atoms with Crippen LogP contribution in [0.4, 0.5) is 0 Å². The lowest BCUT2D eigenvalue weighted by Crippen LogP contribution is -2.53. The van der Waals surface area contributed by atoms with Crippen molar-refractivity contribution in [3.63, 3.8) is 0 Å². The third kappa shape index (κ3) is 9.66.